The molecule has 0 aromatic carbocycles. The third-order valence-corrected chi connectivity index (χ3v) is 3.67. The number of rotatable bonds is 3. The first-order valence-electron chi connectivity index (χ1n) is 6.40. The second-order valence-corrected chi connectivity index (χ2v) is 5.35. The minimum Gasteiger partial charge on any atom is -0.391 e. The largest absolute Gasteiger partial charge is 0.391 e. The van der Waals surface area contributed by atoms with Crippen LogP contribution in [0.25, 0.3) is 0 Å². The van der Waals surface area contributed by atoms with Gasteiger partial charge in [-0.05, 0) is 20.9 Å². The van der Waals surface area contributed by atoms with Crippen LogP contribution in [0.15, 0.2) is 0 Å². The molecule has 1 rings (SSSR count). The van der Waals surface area contributed by atoms with Gasteiger partial charge in [-0.15, -0.1) is 0 Å². The molecule has 19 heavy (non-hydrogen) atoms. The van der Waals surface area contributed by atoms with E-state index in [9.17, 15) is 14.7 Å². The van der Waals surface area contributed by atoms with E-state index in [1.165, 1.54) is 11.8 Å². The normalized spacial score (nSPS) is 27.8. The maximum atomic E-state index is 12.3. The molecule has 1 unspecified atom stereocenters. The Morgan fingerprint density at radius 2 is 2.00 bits per heavy atom. The van der Waals surface area contributed by atoms with Gasteiger partial charge in [-0.1, -0.05) is 0 Å². The average Bonchev–Trinajstić information content (AvgIpc) is 2.35. The summed E-state index contributed by atoms with van der Waals surface area (Å²) < 4.78 is 0. The summed E-state index contributed by atoms with van der Waals surface area (Å²) in [6.45, 7) is 4.71. The average molecular weight is 272 g/mol. The van der Waals surface area contributed by atoms with Gasteiger partial charge in [-0.2, -0.15) is 0 Å². The van der Waals surface area contributed by atoms with Crippen molar-refractivity contribution in [2.24, 2.45) is 5.73 Å². The first-order valence-corrected chi connectivity index (χ1v) is 6.40. The molecule has 3 atom stereocenters. The van der Waals surface area contributed by atoms with Gasteiger partial charge in [0.25, 0.3) is 0 Å². The number of nitrogens with two attached hydrogens (primary N) is 1. The molecular formula is C12H24N4O3. The van der Waals surface area contributed by atoms with E-state index < -0.39 is 23.6 Å². The fourth-order valence-corrected chi connectivity index (χ4v) is 2.41. The number of carbonyl (C=O) groups is 2. The van der Waals surface area contributed by atoms with Crippen molar-refractivity contribution in [1.82, 2.24) is 15.1 Å². The zero-order valence-electron chi connectivity index (χ0n) is 12.0. The Morgan fingerprint density at radius 1 is 1.42 bits per heavy atom. The molecule has 0 aliphatic carbocycles. The lowest BCUT2D eigenvalue weighted by Crippen LogP contribution is -2.70. The number of piperazine rings is 1. The minimum atomic E-state index is -1.01. The summed E-state index contributed by atoms with van der Waals surface area (Å²) in [5.41, 5.74) is 4.73. The summed E-state index contributed by atoms with van der Waals surface area (Å²) in [5.74, 6) is -0.626. The van der Waals surface area contributed by atoms with E-state index in [1.807, 2.05) is 11.9 Å². The predicted octanol–water partition coefficient (Wildman–Crippen LogP) is -2.03. The number of nitrogens with zero attached hydrogens (tertiary/aromatic N) is 2. The van der Waals surface area contributed by atoms with Crippen LogP contribution in [0.4, 0.5) is 0 Å². The molecule has 0 bridgehead atoms. The van der Waals surface area contributed by atoms with Crippen molar-refractivity contribution >= 4 is 11.8 Å². The highest BCUT2D eigenvalue weighted by atomic mass is 16.3. The fraction of sp³-hybridized carbons (Fsp3) is 0.833. The van der Waals surface area contributed by atoms with Crippen molar-refractivity contribution < 1.29 is 14.7 Å². The van der Waals surface area contributed by atoms with Gasteiger partial charge in [0.05, 0.1) is 6.10 Å². The van der Waals surface area contributed by atoms with Crippen molar-refractivity contribution in [3.63, 3.8) is 0 Å². The maximum Gasteiger partial charge on any atom is 0.246 e. The van der Waals surface area contributed by atoms with Crippen LogP contribution < -0.4 is 11.1 Å². The maximum absolute atomic E-state index is 12.3. The summed E-state index contributed by atoms with van der Waals surface area (Å²) in [6.07, 6.45) is -0.943. The summed E-state index contributed by atoms with van der Waals surface area (Å²) in [4.78, 5) is 27.9. The highest BCUT2D eigenvalue weighted by Crippen LogP contribution is 2.22. The number of nitrogens with one attached hydrogen (secondary N) is 1. The van der Waals surface area contributed by atoms with E-state index in [4.69, 9.17) is 5.73 Å². The highest BCUT2D eigenvalue weighted by molar-refractivity contribution is 5.93. The van der Waals surface area contributed by atoms with Gasteiger partial charge in [0, 0.05) is 26.7 Å². The van der Waals surface area contributed by atoms with Crippen molar-refractivity contribution in [1.29, 1.82) is 0 Å². The molecule has 7 nitrogen and oxygen atoms in total. The minimum absolute atomic E-state index is 0.231. The lowest BCUT2D eigenvalue weighted by atomic mass is 9.93. The van der Waals surface area contributed by atoms with Crippen molar-refractivity contribution in [2.45, 2.75) is 31.5 Å². The Balaban J connectivity index is 3.02. The van der Waals surface area contributed by atoms with Gasteiger partial charge in [0.1, 0.15) is 11.6 Å². The fourth-order valence-electron chi connectivity index (χ4n) is 2.41. The van der Waals surface area contributed by atoms with E-state index in [2.05, 4.69) is 5.32 Å². The highest BCUT2D eigenvalue weighted by Gasteiger charge is 2.46. The Morgan fingerprint density at radius 3 is 2.47 bits per heavy atom. The first-order chi connectivity index (χ1) is 8.74. The monoisotopic (exact) mass is 272 g/mol. The molecular weight excluding hydrogens is 248 g/mol. The molecule has 1 aliphatic heterocycles. The second-order valence-electron chi connectivity index (χ2n) is 5.35. The molecule has 0 radical (unpaired) electrons. The molecule has 0 spiro atoms. The zero-order valence-corrected chi connectivity index (χ0v) is 12.0. The van der Waals surface area contributed by atoms with Crippen LogP contribution in [0, 0.1) is 0 Å². The number of carbonyl (C=O) groups excluding carboxylic acids is 2. The number of amides is 2. The molecule has 1 heterocycles. The second kappa shape index (κ2) is 5.85. The van der Waals surface area contributed by atoms with E-state index >= 15 is 0 Å². The van der Waals surface area contributed by atoms with Crippen LogP contribution in [0.1, 0.15) is 13.8 Å². The molecule has 1 saturated heterocycles. The number of hydrogen-bond acceptors (Lipinski definition) is 5. The van der Waals surface area contributed by atoms with Crippen LogP contribution in [0.2, 0.25) is 0 Å². The molecule has 4 N–H and O–H groups in total. The SMILES string of the molecule is CNC(=O)C1(C)CN(C)CCN1C(=O)[C@@H](N)[C@@H](C)O. The van der Waals surface area contributed by atoms with Crippen LogP contribution in [-0.4, -0.2) is 78.1 Å². The number of likely N-dealkylation sites (N-methyl/N-ethyl adjacent to an activating group) is 2. The Bertz CT molecular complexity index is 361. The zero-order chi connectivity index (χ0) is 14.8. The van der Waals surface area contributed by atoms with Crippen LogP contribution in [0.3, 0.4) is 0 Å². The summed E-state index contributed by atoms with van der Waals surface area (Å²) in [6, 6.07) is -1.01. The Labute approximate surface area is 113 Å². The van der Waals surface area contributed by atoms with Gasteiger partial charge in [-0.3, -0.25) is 9.59 Å². The van der Waals surface area contributed by atoms with E-state index in [0.717, 1.165) is 0 Å². The van der Waals surface area contributed by atoms with Gasteiger partial charge in [-0.25, -0.2) is 0 Å². The molecule has 2 amide bonds. The number of hydrogen-bond donors (Lipinski definition) is 3. The van der Waals surface area contributed by atoms with Crippen LogP contribution in [-0.2, 0) is 9.59 Å². The standard InChI is InChI=1S/C12H24N4O3/c1-8(17)9(13)10(18)16-6-5-15(4)7-12(16,2)11(19)14-3/h8-9,17H,5-7,13H2,1-4H3,(H,14,19)/t8-,9+,12?/m1/s1. The molecule has 0 aromatic heterocycles. The van der Waals surface area contributed by atoms with Crippen molar-refractivity contribution in [3.05, 3.63) is 0 Å². The van der Waals surface area contributed by atoms with Crippen LogP contribution in [0.5, 0.6) is 0 Å². The van der Waals surface area contributed by atoms with E-state index in [0.29, 0.717) is 19.6 Å². The van der Waals surface area contributed by atoms with Crippen molar-refractivity contribution in [2.75, 3.05) is 33.7 Å². The number of aliphatic hydroxyl groups is 1. The molecule has 0 saturated carbocycles. The van der Waals surface area contributed by atoms with E-state index in [-0.39, 0.29) is 5.91 Å². The lowest BCUT2D eigenvalue weighted by Gasteiger charge is -2.47. The molecule has 7 heteroatoms. The smallest absolute Gasteiger partial charge is 0.246 e. The van der Waals surface area contributed by atoms with Gasteiger partial charge >= 0.3 is 0 Å². The molecule has 0 aromatic rings. The molecule has 110 valence electrons. The quantitative estimate of drug-likeness (QED) is 0.550. The summed E-state index contributed by atoms with van der Waals surface area (Å²) in [5, 5.41) is 12.0. The Hall–Kier alpha value is -1.18. The summed E-state index contributed by atoms with van der Waals surface area (Å²) >= 11 is 0. The third kappa shape index (κ3) is 3.05. The summed E-state index contributed by atoms with van der Waals surface area (Å²) in [7, 11) is 3.44. The molecule has 1 aliphatic rings. The predicted molar refractivity (Wildman–Crippen MR) is 71.3 cm³/mol. The topological polar surface area (TPSA) is 98.9 Å². The Kier molecular flexibility index (Phi) is 4.89. The van der Waals surface area contributed by atoms with Gasteiger partial charge in [0.15, 0.2) is 0 Å². The third-order valence-electron chi connectivity index (χ3n) is 3.67. The van der Waals surface area contributed by atoms with Crippen LogP contribution >= 0.6 is 0 Å². The first kappa shape index (κ1) is 15.9. The van der Waals surface area contributed by atoms with Gasteiger partial charge < -0.3 is 26.0 Å². The lowest BCUT2D eigenvalue weighted by molar-refractivity contribution is -0.154. The number of aliphatic hydroxyl groups excluding tert-OH is 1. The van der Waals surface area contributed by atoms with E-state index in [1.54, 1.807) is 14.0 Å². The molecule has 1 fully saturated rings. The van der Waals surface area contributed by atoms with Crippen molar-refractivity contribution in [3.8, 4) is 0 Å². The van der Waals surface area contributed by atoms with Gasteiger partial charge in [0.2, 0.25) is 11.8 Å².